The van der Waals surface area contributed by atoms with E-state index in [9.17, 15) is 0 Å². The topological polar surface area (TPSA) is 32.5 Å². The summed E-state index contributed by atoms with van der Waals surface area (Å²) in [5, 5.41) is 0. The maximum Gasteiger partial charge on any atom is 0.0367 e. The SMILES string of the molecule is CN(CCN)C1CCCN(c2ccc(Br)cc2)C1. The van der Waals surface area contributed by atoms with Gasteiger partial charge in [-0.1, -0.05) is 15.9 Å². The van der Waals surface area contributed by atoms with Crippen LogP contribution in [0.1, 0.15) is 12.8 Å². The molecule has 0 amide bonds. The third kappa shape index (κ3) is 3.46. The Balaban J connectivity index is 2.00. The first kappa shape index (κ1) is 13.8. The van der Waals surface area contributed by atoms with Crippen molar-refractivity contribution in [2.45, 2.75) is 18.9 Å². The maximum atomic E-state index is 5.64. The smallest absolute Gasteiger partial charge is 0.0367 e. The second-order valence-electron chi connectivity index (χ2n) is 4.99. The van der Waals surface area contributed by atoms with E-state index in [4.69, 9.17) is 5.73 Å². The molecule has 0 spiro atoms. The number of rotatable bonds is 4. The zero-order valence-corrected chi connectivity index (χ0v) is 12.6. The first-order valence-electron chi connectivity index (χ1n) is 6.61. The quantitative estimate of drug-likeness (QED) is 0.926. The molecule has 1 atom stereocenters. The Hall–Kier alpha value is -0.580. The minimum Gasteiger partial charge on any atom is -0.370 e. The second kappa shape index (κ2) is 6.55. The van der Waals surface area contributed by atoms with E-state index in [1.807, 2.05) is 0 Å². The third-order valence-corrected chi connectivity index (χ3v) is 4.22. The molecule has 1 aliphatic rings. The second-order valence-corrected chi connectivity index (χ2v) is 5.90. The zero-order chi connectivity index (χ0) is 13.0. The van der Waals surface area contributed by atoms with Gasteiger partial charge in [0.05, 0.1) is 0 Å². The van der Waals surface area contributed by atoms with Gasteiger partial charge in [-0.25, -0.2) is 0 Å². The van der Waals surface area contributed by atoms with E-state index >= 15 is 0 Å². The Morgan fingerprint density at radius 2 is 2.11 bits per heavy atom. The van der Waals surface area contributed by atoms with Crippen molar-refractivity contribution in [2.75, 3.05) is 38.1 Å². The summed E-state index contributed by atoms with van der Waals surface area (Å²) in [7, 11) is 2.18. The van der Waals surface area contributed by atoms with Crippen LogP contribution in [-0.4, -0.2) is 44.2 Å². The normalized spacial score (nSPS) is 20.4. The van der Waals surface area contributed by atoms with Gasteiger partial charge < -0.3 is 15.5 Å². The number of hydrogen-bond acceptors (Lipinski definition) is 3. The van der Waals surface area contributed by atoms with Crippen molar-refractivity contribution >= 4 is 21.6 Å². The van der Waals surface area contributed by atoms with Crippen LogP contribution in [0.5, 0.6) is 0 Å². The van der Waals surface area contributed by atoms with Gasteiger partial charge in [0, 0.05) is 42.4 Å². The molecule has 1 aromatic carbocycles. The molecule has 1 aromatic rings. The van der Waals surface area contributed by atoms with E-state index in [2.05, 4.69) is 57.0 Å². The van der Waals surface area contributed by atoms with Crippen molar-refractivity contribution in [3.8, 4) is 0 Å². The fraction of sp³-hybridized carbons (Fsp3) is 0.571. The number of halogens is 1. The monoisotopic (exact) mass is 311 g/mol. The average Bonchev–Trinajstić information content (AvgIpc) is 2.40. The van der Waals surface area contributed by atoms with Gasteiger partial charge in [-0.05, 0) is 44.2 Å². The molecule has 4 heteroatoms. The fourth-order valence-electron chi connectivity index (χ4n) is 2.59. The number of piperidine rings is 1. The van der Waals surface area contributed by atoms with Crippen LogP contribution in [0, 0.1) is 0 Å². The Morgan fingerprint density at radius 1 is 1.39 bits per heavy atom. The highest BCUT2D eigenvalue weighted by Gasteiger charge is 2.22. The number of anilines is 1. The highest BCUT2D eigenvalue weighted by Crippen LogP contribution is 2.23. The Labute approximate surface area is 118 Å². The summed E-state index contributed by atoms with van der Waals surface area (Å²) in [6.45, 7) is 4.00. The standard InChI is InChI=1S/C14H22BrN3/c1-17(10-8-16)14-3-2-9-18(11-14)13-6-4-12(15)5-7-13/h4-7,14H,2-3,8-11,16H2,1H3. The Kier molecular flexibility index (Phi) is 5.03. The van der Waals surface area contributed by atoms with Gasteiger partial charge in [0.1, 0.15) is 0 Å². The number of likely N-dealkylation sites (N-methyl/N-ethyl adjacent to an activating group) is 1. The summed E-state index contributed by atoms with van der Waals surface area (Å²) < 4.78 is 1.14. The molecule has 0 aliphatic carbocycles. The molecule has 1 heterocycles. The number of nitrogens with zero attached hydrogens (tertiary/aromatic N) is 2. The molecule has 2 N–H and O–H groups in total. The first-order chi connectivity index (χ1) is 8.70. The van der Waals surface area contributed by atoms with E-state index in [-0.39, 0.29) is 0 Å². The molecule has 0 saturated carbocycles. The van der Waals surface area contributed by atoms with Crippen molar-refractivity contribution < 1.29 is 0 Å². The van der Waals surface area contributed by atoms with E-state index in [1.54, 1.807) is 0 Å². The zero-order valence-electron chi connectivity index (χ0n) is 11.0. The van der Waals surface area contributed by atoms with Crippen LogP contribution in [0.25, 0.3) is 0 Å². The van der Waals surface area contributed by atoms with E-state index < -0.39 is 0 Å². The van der Waals surface area contributed by atoms with E-state index in [1.165, 1.54) is 18.5 Å². The average molecular weight is 312 g/mol. The van der Waals surface area contributed by atoms with Crippen molar-refractivity contribution in [1.29, 1.82) is 0 Å². The lowest BCUT2D eigenvalue weighted by Crippen LogP contribution is -2.47. The largest absolute Gasteiger partial charge is 0.370 e. The number of benzene rings is 1. The number of hydrogen-bond donors (Lipinski definition) is 1. The van der Waals surface area contributed by atoms with Crippen molar-refractivity contribution in [3.05, 3.63) is 28.7 Å². The molecule has 2 rings (SSSR count). The van der Waals surface area contributed by atoms with Crippen molar-refractivity contribution in [3.63, 3.8) is 0 Å². The summed E-state index contributed by atoms with van der Waals surface area (Å²) in [4.78, 5) is 4.87. The third-order valence-electron chi connectivity index (χ3n) is 3.69. The van der Waals surface area contributed by atoms with Crippen LogP contribution < -0.4 is 10.6 Å². The highest BCUT2D eigenvalue weighted by molar-refractivity contribution is 9.10. The summed E-state index contributed by atoms with van der Waals surface area (Å²) >= 11 is 3.48. The summed E-state index contributed by atoms with van der Waals surface area (Å²) in [6, 6.07) is 9.24. The summed E-state index contributed by atoms with van der Waals surface area (Å²) in [6.07, 6.45) is 2.54. The molecule has 18 heavy (non-hydrogen) atoms. The number of nitrogens with two attached hydrogens (primary N) is 1. The highest BCUT2D eigenvalue weighted by atomic mass is 79.9. The molecule has 3 nitrogen and oxygen atoms in total. The molecule has 100 valence electrons. The van der Waals surface area contributed by atoms with Crippen LogP contribution in [-0.2, 0) is 0 Å². The molecule has 1 saturated heterocycles. The molecule has 0 radical (unpaired) electrons. The molecule has 1 fully saturated rings. The van der Waals surface area contributed by atoms with Crippen LogP contribution in [0.3, 0.4) is 0 Å². The molecular formula is C14H22BrN3. The predicted octanol–water partition coefficient (Wildman–Crippen LogP) is 2.31. The first-order valence-corrected chi connectivity index (χ1v) is 7.41. The summed E-state index contributed by atoms with van der Waals surface area (Å²) in [5.74, 6) is 0. The summed E-state index contributed by atoms with van der Waals surface area (Å²) in [5.41, 5.74) is 6.96. The lowest BCUT2D eigenvalue weighted by atomic mass is 10.0. The van der Waals surface area contributed by atoms with Gasteiger partial charge in [0.15, 0.2) is 0 Å². The lowest BCUT2D eigenvalue weighted by molar-refractivity contribution is 0.221. The van der Waals surface area contributed by atoms with Crippen molar-refractivity contribution in [1.82, 2.24) is 4.90 Å². The maximum absolute atomic E-state index is 5.64. The molecule has 1 unspecified atom stereocenters. The van der Waals surface area contributed by atoms with Gasteiger partial charge in [-0.15, -0.1) is 0 Å². The van der Waals surface area contributed by atoms with Gasteiger partial charge in [0.2, 0.25) is 0 Å². The van der Waals surface area contributed by atoms with Gasteiger partial charge in [0.25, 0.3) is 0 Å². The molecule has 0 aromatic heterocycles. The van der Waals surface area contributed by atoms with Crippen LogP contribution in [0.15, 0.2) is 28.7 Å². The Bertz CT molecular complexity index is 366. The minimum atomic E-state index is 0.631. The van der Waals surface area contributed by atoms with Crippen LogP contribution >= 0.6 is 15.9 Å². The van der Waals surface area contributed by atoms with E-state index in [0.717, 1.165) is 30.7 Å². The molecule has 1 aliphatic heterocycles. The van der Waals surface area contributed by atoms with Crippen LogP contribution in [0.4, 0.5) is 5.69 Å². The molecular weight excluding hydrogens is 290 g/mol. The van der Waals surface area contributed by atoms with Crippen molar-refractivity contribution in [2.24, 2.45) is 5.73 Å². The van der Waals surface area contributed by atoms with Gasteiger partial charge >= 0.3 is 0 Å². The Morgan fingerprint density at radius 3 is 2.78 bits per heavy atom. The minimum absolute atomic E-state index is 0.631. The van der Waals surface area contributed by atoms with Gasteiger partial charge in [-0.3, -0.25) is 0 Å². The fourth-order valence-corrected chi connectivity index (χ4v) is 2.85. The predicted molar refractivity (Wildman–Crippen MR) is 81.1 cm³/mol. The van der Waals surface area contributed by atoms with E-state index in [0.29, 0.717) is 6.04 Å². The van der Waals surface area contributed by atoms with Gasteiger partial charge in [-0.2, -0.15) is 0 Å². The molecule has 0 bridgehead atoms. The lowest BCUT2D eigenvalue weighted by Gasteiger charge is -2.38. The van der Waals surface area contributed by atoms with Crippen LogP contribution in [0.2, 0.25) is 0 Å².